The average Bonchev–Trinajstić information content (AvgIpc) is 2.90. The quantitative estimate of drug-likeness (QED) is 0.171. The number of hydrogen-bond donors (Lipinski definition) is 0. The van der Waals surface area contributed by atoms with E-state index in [9.17, 15) is 9.59 Å². The van der Waals surface area contributed by atoms with Crippen LogP contribution in [0, 0.1) is 0 Å². The van der Waals surface area contributed by atoms with Crippen LogP contribution in [-0.2, 0) is 14.3 Å². The molecule has 0 bridgehead atoms. The highest BCUT2D eigenvalue weighted by Gasteiger charge is 2.18. The van der Waals surface area contributed by atoms with Crippen molar-refractivity contribution >= 4 is 11.9 Å². The van der Waals surface area contributed by atoms with Crippen molar-refractivity contribution < 1.29 is 23.8 Å². The molecule has 1 aliphatic rings. The van der Waals surface area contributed by atoms with Crippen LogP contribution in [0.5, 0.6) is 5.75 Å². The van der Waals surface area contributed by atoms with E-state index in [4.69, 9.17) is 14.2 Å². The highest BCUT2D eigenvalue weighted by Crippen LogP contribution is 2.23. The normalized spacial score (nSPS) is 13.7. The third-order valence-electron chi connectivity index (χ3n) is 6.20. The van der Waals surface area contributed by atoms with Crippen molar-refractivity contribution in [3.05, 3.63) is 60.8 Å². The summed E-state index contributed by atoms with van der Waals surface area (Å²) < 4.78 is 16.4. The molecule has 188 valence electrons. The van der Waals surface area contributed by atoms with E-state index in [1.807, 2.05) is 24.3 Å². The Hall–Kier alpha value is -3.15. The van der Waals surface area contributed by atoms with Crippen molar-refractivity contribution in [2.75, 3.05) is 13.2 Å². The van der Waals surface area contributed by atoms with E-state index < -0.39 is 0 Å². The minimum atomic E-state index is -0.353. The molecule has 35 heavy (non-hydrogen) atoms. The first-order valence-corrected chi connectivity index (χ1v) is 12.8. The highest BCUT2D eigenvalue weighted by molar-refractivity contribution is 5.90. The molecule has 1 aromatic carbocycles. The first-order valence-electron chi connectivity index (χ1n) is 12.8. The summed E-state index contributed by atoms with van der Waals surface area (Å²) in [5.74, 6) is 0.161. The molecular weight excluding hydrogens is 442 g/mol. The largest absolute Gasteiger partial charge is 0.492 e. The molecular formula is C29H37NO5. The minimum absolute atomic E-state index is 0.0609. The van der Waals surface area contributed by atoms with Crippen LogP contribution in [0.25, 0.3) is 11.3 Å². The van der Waals surface area contributed by atoms with Gasteiger partial charge in [0.15, 0.2) is 0 Å². The van der Waals surface area contributed by atoms with Gasteiger partial charge in [-0.15, -0.1) is 0 Å². The molecule has 6 heteroatoms. The van der Waals surface area contributed by atoms with Gasteiger partial charge in [0, 0.05) is 11.6 Å². The molecule has 0 aliphatic heterocycles. The van der Waals surface area contributed by atoms with Gasteiger partial charge >= 0.3 is 11.9 Å². The van der Waals surface area contributed by atoms with E-state index in [1.54, 1.807) is 18.3 Å². The number of benzene rings is 1. The molecule has 3 rings (SSSR count). The van der Waals surface area contributed by atoms with E-state index in [0.717, 1.165) is 81.2 Å². The maximum Gasteiger partial charge on any atom is 0.338 e. The van der Waals surface area contributed by atoms with Crippen molar-refractivity contribution in [1.82, 2.24) is 4.98 Å². The van der Waals surface area contributed by atoms with E-state index in [0.29, 0.717) is 18.8 Å². The predicted molar refractivity (Wildman–Crippen MR) is 136 cm³/mol. The maximum atomic E-state index is 12.4. The van der Waals surface area contributed by atoms with Crippen LogP contribution in [0.4, 0.5) is 0 Å². The first-order chi connectivity index (χ1) is 17.2. The zero-order chi connectivity index (χ0) is 24.7. The van der Waals surface area contributed by atoms with Crippen molar-refractivity contribution in [3.8, 4) is 17.0 Å². The molecule has 1 fully saturated rings. The first kappa shape index (κ1) is 26.5. The number of carbonyl (C=O) groups is 2. The molecule has 1 aliphatic carbocycles. The van der Waals surface area contributed by atoms with Gasteiger partial charge in [-0.2, -0.15) is 0 Å². The Morgan fingerprint density at radius 3 is 2.23 bits per heavy atom. The number of rotatable bonds is 14. The summed E-state index contributed by atoms with van der Waals surface area (Å²) in [7, 11) is 0. The van der Waals surface area contributed by atoms with Gasteiger partial charge in [0.1, 0.15) is 11.9 Å². The van der Waals surface area contributed by atoms with E-state index >= 15 is 0 Å². The average molecular weight is 480 g/mol. The van der Waals surface area contributed by atoms with Crippen molar-refractivity contribution in [3.63, 3.8) is 0 Å². The molecule has 0 saturated heterocycles. The lowest BCUT2D eigenvalue weighted by atomic mass is 9.98. The molecule has 1 saturated carbocycles. The number of unbranched alkanes of at least 4 members (excludes halogenated alkanes) is 5. The SMILES string of the molecule is C=CC(=O)OCCCCCCCCOc1ccc(-c2ccc(C(=O)OC3CCCCC3)cc2)nc1. The molecule has 6 nitrogen and oxygen atoms in total. The Bertz CT molecular complexity index is 917. The summed E-state index contributed by atoms with van der Waals surface area (Å²) in [6, 6.07) is 11.3. The molecule has 0 atom stereocenters. The summed E-state index contributed by atoms with van der Waals surface area (Å²) in [4.78, 5) is 27.8. The van der Waals surface area contributed by atoms with Crippen molar-refractivity contribution in [1.29, 1.82) is 0 Å². The van der Waals surface area contributed by atoms with Gasteiger partial charge in [-0.05, 0) is 62.8 Å². The number of nitrogens with zero attached hydrogens (tertiary/aromatic N) is 1. The summed E-state index contributed by atoms with van der Waals surface area (Å²) in [5.41, 5.74) is 2.36. The zero-order valence-corrected chi connectivity index (χ0v) is 20.6. The molecule has 0 amide bonds. The molecule has 1 aromatic heterocycles. The second-order valence-electron chi connectivity index (χ2n) is 8.96. The monoisotopic (exact) mass is 479 g/mol. The summed E-state index contributed by atoms with van der Waals surface area (Å²) in [5, 5.41) is 0. The van der Waals surface area contributed by atoms with Crippen molar-refractivity contribution in [2.24, 2.45) is 0 Å². The maximum absolute atomic E-state index is 12.4. The van der Waals surface area contributed by atoms with Gasteiger partial charge < -0.3 is 14.2 Å². The van der Waals surface area contributed by atoms with Crippen LogP contribution in [0.3, 0.4) is 0 Å². The number of ether oxygens (including phenoxy) is 3. The molecule has 2 aromatic rings. The third kappa shape index (κ3) is 9.55. The number of aromatic nitrogens is 1. The molecule has 0 unspecified atom stereocenters. The highest BCUT2D eigenvalue weighted by atomic mass is 16.5. The fourth-order valence-electron chi connectivity index (χ4n) is 4.15. The topological polar surface area (TPSA) is 74.7 Å². The second kappa shape index (κ2) is 15.0. The number of carbonyl (C=O) groups excluding carboxylic acids is 2. The summed E-state index contributed by atoms with van der Waals surface area (Å²) in [6.07, 6.45) is 14.8. The molecule has 0 N–H and O–H groups in total. The standard InChI is InChI=1S/C29H37NO5/c1-2-28(31)34-21-11-6-4-3-5-10-20-33-26-18-19-27(30-22-26)23-14-16-24(17-15-23)29(32)35-25-12-8-7-9-13-25/h2,14-19,22,25H,1,3-13,20-21H2. The van der Waals surface area contributed by atoms with Crippen molar-refractivity contribution in [2.45, 2.75) is 76.7 Å². The minimum Gasteiger partial charge on any atom is -0.492 e. The van der Waals surface area contributed by atoms with Gasteiger partial charge in [0.25, 0.3) is 0 Å². The lowest BCUT2D eigenvalue weighted by molar-refractivity contribution is -0.137. The number of pyridine rings is 1. The Labute approximate surface area is 208 Å². The van der Waals surface area contributed by atoms with Crippen LogP contribution in [-0.4, -0.2) is 36.2 Å². The van der Waals surface area contributed by atoms with Gasteiger partial charge in [-0.3, -0.25) is 4.98 Å². The predicted octanol–water partition coefficient (Wildman–Crippen LogP) is 6.69. The lowest BCUT2D eigenvalue weighted by Gasteiger charge is -2.21. The van der Waals surface area contributed by atoms with E-state index in [2.05, 4.69) is 11.6 Å². The van der Waals surface area contributed by atoms with Crippen LogP contribution < -0.4 is 4.74 Å². The summed E-state index contributed by atoms with van der Waals surface area (Å²) in [6.45, 7) is 4.51. The Morgan fingerprint density at radius 2 is 1.57 bits per heavy atom. The van der Waals surface area contributed by atoms with Gasteiger partial charge in [0.2, 0.25) is 0 Å². The van der Waals surface area contributed by atoms with Crippen LogP contribution >= 0.6 is 0 Å². The molecule has 0 radical (unpaired) electrons. The third-order valence-corrected chi connectivity index (χ3v) is 6.20. The molecule has 0 spiro atoms. The van der Waals surface area contributed by atoms with Gasteiger partial charge in [-0.25, -0.2) is 9.59 Å². The Kier molecular flexibility index (Phi) is 11.3. The Balaban J connectivity index is 1.31. The number of esters is 2. The second-order valence-corrected chi connectivity index (χ2v) is 8.96. The van der Waals surface area contributed by atoms with Crippen LogP contribution in [0.2, 0.25) is 0 Å². The summed E-state index contributed by atoms with van der Waals surface area (Å²) >= 11 is 0. The Morgan fingerprint density at radius 1 is 0.886 bits per heavy atom. The van der Waals surface area contributed by atoms with Gasteiger partial charge in [0.05, 0.1) is 30.7 Å². The van der Waals surface area contributed by atoms with Gasteiger partial charge in [-0.1, -0.05) is 50.8 Å². The van der Waals surface area contributed by atoms with Crippen LogP contribution in [0.15, 0.2) is 55.3 Å². The molecule has 1 heterocycles. The van der Waals surface area contributed by atoms with E-state index in [-0.39, 0.29) is 18.0 Å². The fraction of sp³-hybridized carbons (Fsp3) is 0.483. The fourth-order valence-corrected chi connectivity index (χ4v) is 4.15. The smallest absolute Gasteiger partial charge is 0.338 e. The number of hydrogen-bond acceptors (Lipinski definition) is 6. The lowest BCUT2D eigenvalue weighted by Crippen LogP contribution is -2.20. The zero-order valence-electron chi connectivity index (χ0n) is 20.6. The van der Waals surface area contributed by atoms with E-state index in [1.165, 1.54) is 12.5 Å². The van der Waals surface area contributed by atoms with Crippen LogP contribution in [0.1, 0.15) is 81.0 Å².